The van der Waals surface area contributed by atoms with Crippen LogP contribution in [-0.4, -0.2) is 55.2 Å². The highest BCUT2D eigenvalue weighted by molar-refractivity contribution is 14.0. The highest BCUT2D eigenvalue weighted by Gasteiger charge is 2.21. The lowest BCUT2D eigenvalue weighted by atomic mass is 9.86. The minimum absolute atomic E-state index is 0. The maximum absolute atomic E-state index is 6.06. The Balaban J connectivity index is 0.00000363. The minimum Gasteiger partial charge on any atom is -0.491 e. The van der Waals surface area contributed by atoms with Gasteiger partial charge >= 0.3 is 0 Å². The first kappa shape index (κ1) is 26.4. The number of pyridine rings is 1. The van der Waals surface area contributed by atoms with Crippen molar-refractivity contribution in [3.8, 4) is 5.75 Å². The number of aromatic nitrogens is 1. The molecule has 176 valence electrons. The molecule has 3 rings (SSSR count). The molecular formula is C25H38IN5O. The van der Waals surface area contributed by atoms with Crippen LogP contribution in [-0.2, 0) is 12.0 Å². The predicted molar refractivity (Wildman–Crippen MR) is 143 cm³/mol. The van der Waals surface area contributed by atoms with Crippen molar-refractivity contribution >= 4 is 29.9 Å². The summed E-state index contributed by atoms with van der Waals surface area (Å²) in [5, 5.41) is 6.95. The van der Waals surface area contributed by atoms with E-state index in [1.165, 1.54) is 5.56 Å². The molecule has 2 aromatic rings. The molecule has 0 unspecified atom stereocenters. The van der Waals surface area contributed by atoms with Gasteiger partial charge in [0.25, 0.3) is 0 Å². The molecule has 2 N–H and O–H groups in total. The fourth-order valence-electron chi connectivity index (χ4n) is 3.89. The van der Waals surface area contributed by atoms with Crippen LogP contribution in [0, 0.1) is 0 Å². The highest BCUT2D eigenvalue weighted by atomic mass is 127. The molecule has 1 aromatic carbocycles. The summed E-state index contributed by atoms with van der Waals surface area (Å²) in [5.74, 6) is 1.80. The Morgan fingerprint density at radius 2 is 1.84 bits per heavy atom. The number of nitrogens with one attached hydrogen (secondary N) is 2. The largest absolute Gasteiger partial charge is 0.491 e. The van der Waals surface area contributed by atoms with Gasteiger partial charge in [-0.15, -0.1) is 24.0 Å². The van der Waals surface area contributed by atoms with E-state index in [-0.39, 0.29) is 29.4 Å². The fraction of sp³-hybridized carbons (Fsp3) is 0.520. The number of rotatable bonds is 7. The van der Waals surface area contributed by atoms with Crippen LogP contribution in [0.5, 0.6) is 5.75 Å². The van der Waals surface area contributed by atoms with Crippen LogP contribution in [0.4, 0.5) is 0 Å². The topological polar surface area (TPSA) is 61.8 Å². The summed E-state index contributed by atoms with van der Waals surface area (Å²) < 4.78 is 6.06. The van der Waals surface area contributed by atoms with E-state index in [9.17, 15) is 0 Å². The number of likely N-dealkylation sites (tertiary alicyclic amines) is 1. The van der Waals surface area contributed by atoms with Crippen LogP contribution in [0.25, 0.3) is 0 Å². The van der Waals surface area contributed by atoms with E-state index in [0.29, 0.717) is 19.2 Å². The van der Waals surface area contributed by atoms with E-state index in [1.807, 2.05) is 31.4 Å². The molecule has 1 aliphatic rings. The number of para-hydroxylation sites is 1. The highest BCUT2D eigenvalue weighted by Crippen LogP contribution is 2.30. The van der Waals surface area contributed by atoms with Gasteiger partial charge in [-0.1, -0.05) is 45.0 Å². The van der Waals surface area contributed by atoms with Crippen molar-refractivity contribution < 1.29 is 4.74 Å². The first-order chi connectivity index (χ1) is 15.0. The van der Waals surface area contributed by atoms with Gasteiger partial charge in [-0.3, -0.25) is 14.9 Å². The average molecular weight is 552 g/mol. The van der Waals surface area contributed by atoms with Gasteiger partial charge in [-0.25, -0.2) is 0 Å². The normalized spacial score (nSPS) is 15.7. The second-order valence-corrected chi connectivity index (χ2v) is 9.11. The zero-order valence-corrected chi connectivity index (χ0v) is 22.1. The molecule has 0 spiro atoms. The molecule has 32 heavy (non-hydrogen) atoms. The Kier molecular flexibility index (Phi) is 10.7. The number of aliphatic imine (C=N–C) groups is 1. The number of halogens is 1. The average Bonchev–Trinajstić information content (AvgIpc) is 2.77. The molecule has 1 aromatic heterocycles. The summed E-state index contributed by atoms with van der Waals surface area (Å²) in [6, 6.07) is 14.8. The van der Waals surface area contributed by atoms with Crippen LogP contribution in [0.2, 0.25) is 0 Å². The second kappa shape index (κ2) is 13.0. The van der Waals surface area contributed by atoms with Crippen molar-refractivity contribution in [3.05, 3.63) is 59.9 Å². The molecule has 1 fully saturated rings. The van der Waals surface area contributed by atoms with E-state index in [0.717, 1.165) is 49.9 Å². The van der Waals surface area contributed by atoms with Crippen LogP contribution in [0.3, 0.4) is 0 Å². The summed E-state index contributed by atoms with van der Waals surface area (Å²) in [7, 11) is 1.82. The minimum atomic E-state index is 0. The van der Waals surface area contributed by atoms with Gasteiger partial charge in [-0.2, -0.15) is 0 Å². The summed E-state index contributed by atoms with van der Waals surface area (Å²) >= 11 is 0. The lowest BCUT2D eigenvalue weighted by Gasteiger charge is -2.32. The lowest BCUT2D eigenvalue weighted by Crippen LogP contribution is -2.49. The number of guanidine groups is 1. The van der Waals surface area contributed by atoms with Gasteiger partial charge in [0.2, 0.25) is 0 Å². The first-order valence-electron chi connectivity index (χ1n) is 11.3. The summed E-state index contributed by atoms with van der Waals surface area (Å²) in [6.45, 7) is 11.0. The number of hydrogen-bond donors (Lipinski definition) is 2. The van der Waals surface area contributed by atoms with Gasteiger partial charge in [0.1, 0.15) is 12.4 Å². The van der Waals surface area contributed by atoms with Gasteiger partial charge in [-0.05, 0) is 42.0 Å². The molecule has 0 amide bonds. The standard InChI is InChI=1S/C25H37N5O.HI/c1-25(2,3)22-10-5-6-11-23(22)31-18-15-28-24(26-4)29-20-12-16-30(17-13-20)19-21-9-7-8-14-27-21;/h5-11,14,20H,12-13,15-19H2,1-4H3,(H2,26,28,29);1H. The van der Waals surface area contributed by atoms with Crippen molar-refractivity contribution in [3.63, 3.8) is 0 Å². The van der Waals surface area contributed by atoms with Crippen molar-refractivity contribution in [2.75, 3.05) is 33.3 Å². The quantitative estimate of drug-likeness (QED) is 0.234. The van der Waals surface area contributed by atoms with E-state index in [4.69, 9.17) is 4.74 Å². The molecule has 0 aliphatic carbocycles. The smallest absolute Gasteiger partial charge is 0.191 e. The van der Waals surface area contributed by atoms with Crippen molar-refractivity contribution in [2.45, 2.75) is 51.6 Å². The number of piperidine rings is 1. The van der Waals surface area contributed by atoms with E-state index < -0.39 is 0 Å². The predicted octanol–water partition coefficient (Wildman–Crippen LogP) is 4.21. The van der Waals surface area contributed by atoms with Crippen LogP contribution < -0.4 is 15.4 Å². The molecule has 0 saturated carbocycles. The Labute approximate surface area is 210 Å². The summed E-state index contributed by atoms with van der Waals surface area (Å²) in [5.41, 5.74) is 2.43. The van der Waals surface area contributed by atoms with Crippen molar-refractivity contribution in [2.24, 2.45) is 4.99 Å². The van der Waals surface area contributed by atoms with E-state index in [2.05, 4.69) is 70.5 Å². The number of nitrogens with zero attached hydrogens (tertiary/aromatic N) is 3. The molecule has 1 aliphatic heterocycles. The summed E-state index contributed by atoms with van der Waals surface area (Å²) in [4.78, 5) is 11.3. The van der Waals surface area contributed by atoms with Crippen molar-refractivity contribution in [1.82, 2.24) is 20.5 Å². The van der Waals surface area contributed by atoms with E-state index in [1.54, 1.807) is 0 Å². The number of benzene rings is 1. The zero-order chi connectivity index (χ0) is 22.1. The van der Waals surface area contributed by atoms with Gasteiger partial charge in [0.05, 0.1) is 12.2 Å². The molecule has 7 heteroatoms. The molecule has 2 heterocycles. The molecule has 1 saturated heterocycles. The van der Waals surface area contributed by atoms with Crippen LogP contribution >= 0.6 is 24.0 Å². The van der Waals surface area contributed by atoms with Gasteiger partial charge in [0, 0.05) is 38.9 Å². The first-order valence-corrected chi connectivity index (χ1v) is 11.3. The van der Waals surface area contributed by atoms with Crippen LogP contribution in [0.1, 0.15) is 44.9 Å². The maximum Gasteiger partial charge on any atom is 0.191 e. The third kappa shape index (κ3) is 8.24. The van der Waals surface area contributed by atoms with Gasteiger partial charge in [0.15, 0.2) is 5.96 Å². The second-order valence-electron chi connectivity index (χ2n) is 9.11. The third-order valence-electron chi connectivity index (χ3n) is 5.61. The van der Waals surface area contributed by atoms with Gasteiger partial charge < -0.3 is 15.4 Å². The van der Waals surface area contributed by atoms with Crippen molar-refractivity contribution in [1.29, 1.82) is 0 Å². The SMILES string of the molecule is CN=C(NCCOc1ccccc1C(C)(C)C)NC1CCN(Cc2ccccn2)CC1.I. The van der Waals surface area contributed by atoms with E-state index >= 15 is 0 Å². The lowest BCUT2D eigenvalue weighted by molar-refractivity contribution is 0.196. The van der Waals surface area contributed by atoms with Crippen LogP contribution in [0.15, 0.2) is 53.7 Å². The molecule has 6 nitrogen and oxygen atoms in total. The monoisotopic (exact) mass is 551 g/mol. The Bertz CT molecular complexity index is 830. The maximum atomic E-state index is 6.06. The number of ether oxygens (including phenoxy) is 1. The Hall–Kier alpha value is -1.87. The summed E-state index contributed by atoms with van der Waals surface area (Å²) in [6.07, 6.45) is 4.07. The molecule has 0 atom stereocenters. The Morgan fingerprint density at radius 3 is 2.50 bits per heavy atom. The fourth-order valence-corrected chi connectivity index (χ4v) is 3.89. The Morgan fingerprint density at radius 1 is 1.12 bits per heavy atom. The molecular weight excluding hydrogens is 513 g/mol. The zero-order valence-electron chi connectivity index (χ0n) is 19.8. The molecule has 0 bridgehead atoms. The molecule has 0 radical (unpaired) electrons. The number of hydrogen-bond acceptors (Lipinski definition) is 4. The third-order valence-corrected chi connectivity index (χ3v) is 5.61.